The number of ketones is 2. The number of thiazole rings is 1. The van der Waals surface area contributed by atoms with Gasteiger partial charge in [0.1, 0.15) is 27.2 Å². The van der Waals surface area contributed by atoms with Crippen LogP contribution in [0.25, 0.3) is 10.6 Å². The highest BCUT2D eigenvalue weighted by Gasteiger charge is 2.32. The van der Waals surface area contributed by atoms with E-state index in [4.69, 9.17) is 4.74 Å². The topological polar surface area (TPSA) is 56.3 Å². The molecule has 2 aromatic rings. The monoisotopic (exact) mass is 307 g/mol. The number of rotatable bonds is 2. The third kappa shape index (κ3) is 2.06. The Morgan fingerprint density at radius 2 is 1.86 bits per heavy atom. The van der Waals surface area contributed by atoms with Crippen molar-refractivity contribution in [3.05, 3.63) is 52.2 Å². The predicted molar refractivity (Wildman–Crippen MR) is 71.2 cm³/mol. The van der Waals surface area contributed by atoms with E-state index in [1.54, 1.807) is 0 Å². The maximum absolute atomic E-state index is 13.8. The fraction of sp³-hybridized carbons (Fsp3) is 0.0714. The molecule has 1 aromatic carbocycles. The number of Topliss-reactive ketones (excluding diaryl/α,β-unsaturated/α-hetero) is 1. The molecule has 0 spiro atoms. The third-order valence-corrected chi connectivity index (χ3v) is 4.04. The van der Waals surface area contributed by atoms with E-state index < -0.39 is 23.2 Å². The summed E-state index contributed by atoms with van der Waals surface area (Å²) in [7, 11) is 1.26. The van der Waals surface area contributed by atoms with Gasteiger partial charge < -0.3 is 4.74 Å². The molecule has 0 fully saturated rings. The molecule has 0 saturated heterocycles. The summed E-state index contributed by atoms with van der Waals surface area (Å²) in [5.74, 6) is -2.80. The maximum atomic E-state index is 13.8. The van der Waals surface area contributed by atoms with Crippen molar-refractivity contribution in [3.8, 4) is 10.6 Å². The van der Waals surface area contributed by atoms with Crippen molar-refractivity contribution in [1.29, 1.82) is 0 Å². The van der Waals surface area contributed by atoms with E-state index in [2.05, 4.69) is 4.98 Å². The fourth-order valence-electron chi connectivity index (χ4n) is 1.97. The highest BCUT2D eigenvalue weighted by atomic mass is 32.1. The van der Waals surface area contributed by atoms with Crippen molar-refractivity contribution < 1.29 is 23.1 Å². The summed E-state index contributed by atoms with van der Waals surface area (Å²) in [5.41, 5.74) is -0.488. The quantitative estimate of drug-likeness (QED) is 0.856. The predicted octanol–water partition coefficient (Wildman–Crippen LogP) is 3.00. The lowest BCUT2D eigenvalue weighted by molar-refractivity contribution is 0.0914. The molecular weight excluding hydrogens is 300 g/mol. The second-order valence-corrected chi connectivity index (χ2v) is 5.20. The number of carbonyl (C=O) groups is 2. The molecular formula is C14H7F2NO3S. The minimum atomic E-state index is -0.805. The normalized spacial score (nSPS) is 14.0. The van der Waals surface area contributed by atoms with Crippen molar-refractivity contribution in [1.82, 2.24) is 4.98 Å². The van der Waals surface area contributed by atoms with Gasteiger partial charge in [-0.1, -0.05) is 6.07 Å². The molecule has 0 bridgehead atoms. The van der Waals surface area contributed by atoms with E-state index in [0.29, 0.717) is 0 Å². The van der Waals surface area contributed by atoms with Crippen molar-refractivity contribution in [2.24, 2.45) is 0 Å². The van der Waals surface area contributed by atoms with E-state index in [-0.39, 0.29) is 26.9 Å². The van der Waals surface area contributed by atoms with E-state index >= 15 is 0 Å². The molecule has 0 N–H and O–H groups in total. The lowest BCUT2D eigenvalue weighted by Crippen LogP contribution is -2.16. The van der Waals surface area contributed by atoms with Gasteiger partial charge in [0.2, 0.25) is 11.6 Å². The summed E-state index contributed by atoms with van der Waals surface area (Å²) in [5, 5.41) is -0.0527. The maximum Gasteiger partial charge on any atom is 0.247 e. The van der Waals surface area contributed by atoms with E-state index in [1.165, 1.54) is 13.2 Å². The number of methoxy groups -OCH3 is 1. The number of nitrogens with zero attached hydrogens (tertiary/aromatic N) is 1. The second kappa shape index (κ2) is 4.85. The van der Waals surface area contributed by atoms with Crippen LogP contribution in [0.1, 0.15) is 20.2 Å². The first-order valence-corrected chi connectivity index (χ1v) is 6.64. The first-order valence-electron chi connectivity index (χ1n) is 5.83. The van der Waals surface area contributed by atoms with Gasteiger partial charge in [-0.05, 0) is 12.1 Å². The molecule has 106 valence electrons. The molecule has 4 nitrogen and oxygen atoms in total. The Labute approximate surface area is 121 Å². The number of ether oxygens (including phenoxy) is 1. The minimum absolute atomic E-state index is 0.0527. The van der Waals surface area contributed by atoms with Gasteiger partial charge >= 0.3 is 0 Å². The van der Waals surface area contributed by atoms with E-state index in [9.17, 15) is 18.4 Å². The fourth-order valence-corrected chi connectivity index (χ4v) is 2.99. The van der Waals surface area contributed by atoms with Gasteiger partial charge in [0.15, 0.2) is 5.76 Å². The Hall–Kier alpha value is -2.41. The van der Waals surface area contributed by atoms with Crippen LogP contribution < -0.4 is 0 Å². The number of halogens is 2. The molecule has 0 saturated carbocycles. The standard InChI is InChI=1S/C14H7F2NO3S/c1-20-9-5-8(18)13-11(12(9)19)17-14(21-13)10-6(15)3-2-4-7(10)16/h2-5H,1H3. The van der Waals surface area contributed by atoms with E-state index in [1.807, 2.05) is 0 Å². The van der Waals surface area contributed by atoms with Gasteiger partial charge in [0.25, 0.3) is 0 Å². The Balaban J connectivity index is 2.18. The summed E-state index contributed by atoms with van der Waals surface area (Å²) in [6, 6.07) is 3.39. The molecule has 1 aliphatic carbocycles. The Kier molecular flexibility index (Phi) is 3.13. The lowest BCUT2D eigenvalue weighted by Gasteiger charge is -2.08. The molecule has 0 atom stereocenters. The third-order valence-electron chi connectivity index (χ3n) is 2.95. The van der Waals surface area contributed by atoms with Crippen LogP contribution in [-0.2, 0) is 4.74 Å². The van der Waals surface area contributed by atoms with Crippen molar-refractivity contribution in [3.63, 3.8) is 0 Å². The molecule has 3 rings (SSSR count). The zero-order chi connectivity index (χ0) is 15.1. The number of aromatic nitrogens is 1. The van der Waals surface area contributed by atoms with E-state index in [0.717, 1.165) is 29.5 Å². The van der Waals surface area contributed by atoms with Gasteiger partial charge in [0, 0.05) is 6.08 Å². The number of benzene rings is 1. The summed E-state index contributed by atoms with van der Waals surface area (Å²) in [4.78, 5) is 27.9. The highest BCUT2D eigenvalue weighted by Crippen LogP contribution is 2.34. The van der Waals surface area contributed by atoms with Crippen LogP contribution in [0.2, 0.25) is 0 Å². The molecule has 0 radical (unpaired) electrons. The summed E-state index contributed by atoms with van der Waals surface area (Å²) >= 11 is 0.780. The van der Waals surface area contributed by atoms with Crippen LogP contribution in [0.15, 0.2) is 30.0 Å². The Morgan fingerprint density at radius 3 is 2.48 bits per heavy atom. The molecule has 0 aliphatic heterocycles. The molecule has 0 amide bonds. The minimum Gasteiger partial charge on any atom is -0.492 e. The number of allylic oxidation sites excluding steroid dienone is 2. The van der Waals surface area contributed by atoms with Gasteiger partial charge in [-0.25, -0.2) is 13.8 Å². The molecule has 1 aromatic heterocycles. The van der Waals surface area contributed by atoms with Gasteiger partial charge in [-0.3, -0.25) is 9.59 Å². The first kappa shape index (κ1) is 13.6. The van der Waals surface area contributed by atoms with Crippen LogP contribution in [0.3, 0.4) is 0 Å². The van der Waals surface area contributed by atoms with Crippen molar-refractivity contribution in [2.45, 2.75) is 0 Å². The van der Waals surface area contributed by atoms with Crippen LogP contribution >= 0.6 is 11.3 Å². The number of carbonyl (C=O) groups excluding carboxylic acids is 2. The van der Waals surface area contributed by atoms with Gasteiger partial charge in [-0.15, -0.1) is 11.3 Å². The number of fused-ring (bicyclic) bond motifs is 1. The van der Waals surface area contributed by atoms with Crippen LogP contribution in [-0.4, -0.2) is 23.7 Å². The molecule has 7 heteroatoms. The van der Waals surface area contributed by atoms with Crippen LogP contribution in [0.4, 0.5) is 8.78 Å². The smallest absolute Gasteiger partial charge is 0.247 e. The van der Waals surface area contributed by atoms with Crippen LogP contribution in [0.5, 0.6) is 0 Å². The average molecular weight is 307 g/mol. The lowest BCUT2D eigenvalue weighted by atomic mass is 10.1. The average Bonchev–Trinajstić information content (AvgIpc) is 2.88. The Bertz CT molecular complexity index is 790. The number of hydrogen-bond acceptors (Lipinski definition) is 5. The largest absolute Gasteiger partial charge is 0.492 e. The second-order valence-electron chi connectivity index (χ2n) is 4.20. The molecule has 1 heterocycles. The summed E-state index contributed by atoms with van der Waals surface area (Å²) in [6.07, 6.45) is 1.05. The highest BCUT2D eigenvalue weighted by molar-refractivity contribution is 7.17. The van der Waals surface area contributed by atoms with Crippen molar-refractivity contribution in [2.75, 3.05) is 7.11 Å². The molecule has 0 unspecified atom stereocenters. The Morgan fingerprint density at radius 1 is 1.19 bits per heavy atom. The van der Waals surface area contributed by atoms with Gasteiger partial charge in [0.05, 0.1) is 12.7 Å². The van der Waals surface area contributed by atoms with Crippen LogP contribution in [0, 0.1) is 11.6 Å². The zero-order valence-corrected chi connectivity index (χ0v) is 11.5. The number of hydrogen-bond donors (Lipinski definition) is 0. The summed E-state index contributed by atoms with van der Waals surface area (Å²) in [6.45, 7) is 0. The zero-order valence-electron chi connectivity index (χ0n) is 10.6. The summed E-state index contributed by atoms with van der Waals surface area (Å²) < 4.78 is 32.3. The first-order chi connectivity index (χ1) is 10.0. The molecule has 1 aliphatic rings. The molecule has 21 heavy (non-hydrogen) atoms. The SMILES string of the molecule is COC1=CC(=O)c2sc(-c3c(F)cccc3F)nc2C1=O. The van der Waals surface area contributed by atoms with Crippen molar-refractivity contribution >= 4 is 22.9 Å². The van der Waals surface area contributed by atoms with Gasteiger partial charge in [-0.2, -0.15) is 0 Å².